The van der Waals surface area contributed by atoms with E-state index >= 15 is 0 Å². The van der Waals surface area contributed by atoms with Crippen LogP contribution in [-0.2, 0) is 4.84 Å². The Balaban J connectivity index is 1.59. The van der Waals surface area contributed by atoms with Crippen LogP contribution in [0.4, 0.5) is 0 Å². The van der Waals surface area contributed by atoms with Crippen LogP contribution in [0.3, 0.4) is 0 Å². The van der Waals surface area contributed by atoms with Crippen molar-refractivity contribution in [3.05, 3.63) is 72.4 Å². The number of likely N-dealkylation sites (tertiary alicyclic amines) is 1. The normalized spacial score (nSPS) is 18.0. The first-order valence-electron chi connectivity index (χ1n) is 8.58. The molecule has 1 aliphatic heterocycles. The molecule has 4 rings (SSSR count). The van der Waals surface area contributed by atoms with E-state index in [9.17, 15) is 4.79 Å². The van der Waals surface area contributed by atoms with Gasteiger partial charge in [0.15, 0.2) is 5.82 Å². The second kappa shape index (κ2) is 7.41. The predicted molar refractivity (Wildman–Crippen MR) is 99.0 cm³/mol. The minimum atomic E-state index is -0.320. The molecule has 2 heterocycles. The second-order valence-electron chi connectivity index (χ2n) is 6.23. The lowest BCUT2D eigenvalue weighted by Crippen LogP contribution is -2.31. The van der Waals surface area contributed by atoms with Crippen molar-refractivity contribution in [3.8, 4) is 11.1 Å². The summed E-state index contributed by atoms with van der Waals surface area (Å²) in [7, 11) is 1.49. The minimum Gasteiger partial charge on any atom is -0.399 e. The summed E-state index contributed by atoms with van der Waals surface area (Å²) in [4.78, 5) is 23.8. The number of amides is 1. The Kier molecular flexibility index (Phi) is 4.65. The smallest absolute Gasteiger partial charge is 0.254 e. The Labute approximate surface area is 156 Å². The van der Waals surface area contributed by atoms with Crippen molar-refractivity contribution in [2.75, 3.05) is 13.7 Å². The van der Waals surface area contributed by atoms with Gasteiger partial charge in [0.25, 0.3) is 5.91 Å². The molecule has 0 N–H and O–H groups in total. The summed E-state index contributed by atoms with van der Waals surface area (Å²) in [5.74, 6) is 0.358. The Morgan fingerprint density at radius 1 is 1.15 bits per heavy atom. The average molecular weight is 362 g/mol. The zero-order chi connectivity index (χ0) is 18.6. The molecule has 0 aliphatic carbocycles. The van der Waals surface area contributed by atoms with Crippen LogP contribution in [0, 0.1) is 0 Å². The van der Waals surface area contributed by atoms with E-state index in [2.05, 4.69) is 15.3 Å². The van der Waals surface area contributed by atoms with Gasteiger partial charge in [-0.3, -0.25) is 4.79 Å². The van der Waals surface area contributed by atoms with Crippen LogP contribution in [0.1, 0.15) is 28.6 Å². The van der Waals surface area contributed by atoms with Gasteiger partial charge in [-0.05, 0) is 23.3 Å². The first-order chi connectivity index (χ1) is 13.3. The Morgan fingerprint density at radius 2 is 1.89 bits per heavy atom. The second-order valence-corrected chi connectivity index (χ2v) is 6.23. The van der Waals surface area contributed by atoms with Gasteiger partial charge in [-0.15, -0.1) is 0 Å². The number of hydrogen-bond acceptors (Lipinski definition) is 6. The van der Waals surface area contributed by atoms with Crippen LogP contribution in [0.5, 0.6) is 0 Å². The van der Waals surface area contributed by atoms with Gasteiger partial charge in [-0.1, -0.05) is 52.8 Å². The van der Waals surface area contributed by atoms with E-state index in [1.54, 1.807) is 4.90 Å². The summed E-state index contributed by atoms with van der Waals surface area (Å²) in [5, 5.41) is 7.90. The SMILES string of the molecule is CO/N=C1/C[C@@H](c2ncon2)N(C(=O)c2ccc(-c3ccccc3)cc2)C1. The van der Waals surface area contributed by atoms with Crippen molar-refractivity contribution in [1.82, 2.24) is 15.0 Å². The molecule has 2 aromatic carbocycles. The first-order valence-corrected chi connectivity index (χ1v) is 8.58. The van der Waals surface area contributed by atoms with Gasteiger partial charge in [-0.2, -0.15) is 4.98 Å². The van der Waals surface area contributed by atoms with Crippen molar-refractivity contribution in [3.63, 3.8) is 0 Å². The number of aromatic nitrogens is 2. The highest BCUT2D eigenvalue weighted by molar-refractivity contribution is 6.00. The number of carbonyl (C=O) groups is 1. The first kappa shape index (κ1) is 17.0. The number of oxime groups is 1. The van der Waals surface area contributed by atoms with Crippen LogP contribution >= 0.6 is 0 Å². The van der Waals surface area contributed by atoms with Crippen LogP contribution in [-0.4, -0.2) is 40.3 Å². The maximum absolute atomic E-state index is 13.1. The van der Waals surface area contributed by atoms with E-state index in [0.717, 1.165) is 16.8 Å². The molecule has 0 saturated carbocycles. The molecular formula is C20H18N4O3. The fraction of sp³-hybridized carbons (Fsp3) is 0.200. The molecule has 7 nitrogen and oxygen atoms in total. The third kappa shape index (κ3) is 3.44. The van der Waals surface area contributed by atoms with Gasteiger partial charge in [0.05, 0.1) is 12.3 Å². The average Bonchev–Trinajstić information content (AvgIpc) is 3.38. The number of benzene rings is 2. The summed E-state index contributed by atoms with van der Waals surface area (Å²) in [6.45, 7) is 0.367. The molecule has 27 heavy (non-hydrogen) atoms. The summed E-state index contributed by atoms with van der Waals surface area (Å²) in [6, 6.07) is 17.3. The minimum absolute atomic E-state index is 0.106. The largest absolute Gasteiger partial charge is 0.399 e. The molecule has 1 atom stereocenters. The maximum atomic E-state index is 13.1. The predicted octanol–water partition coefficient (Wildman–Crippen LogP) is 3.33. The van der Waals surface area contributed by atoms with Crippen LogP contribution in [0.2, 0.25) is 0 Å². The standard InChI is InChI=1S/C20H18N4O3/c1-26-22-17-11-18(19-21-13-27-23-19)24(12-17)20(25)16-9-7-15(8-10-16)14-5-3-2-4-6-14/h2-10,13,18H,11-12H2,1H3/b22-17-/t18-/m0/s1. The van der Waals surface area contributed by atoms with Crippen LogP contribution in [0.15, 0.2) is 70.7 Å². The highest BCUT2D eigenvalue weighted by atomic mass is 16.6. The van der Waals surface area contributed by atoms with Crippen molar-refractivity contribution < 1.29 is 14.2 Å². The highest BCUT2D eigenvalue weighted by Gasteiger charge is 2.37. The molecule has 1 amide bonds. The molecule has 1 saturated heterocycles. The number of rotatable bonds is 4. The van der Waals surface area contributed by atoms with Crippen LogP contribution in [0.25, 0.3) is 11.1 Å². The molecular weight excluding hydrogens is 344 g/mol. The topological polar surface area (TPSA) is 80.8 Å². The summed E-state index contributed by atoms with van der Waals surface area (Å²) in [6.07, 6.45) is 1.78. The van der Waals surface area contributed by atoms with Crippen LogP contribution < -0.4 is 0 Å². The lowest BCUT2D eigenvalue weighted by molar-refractivity contribution is 0.0732. The molecule has 1 aromatic heterocycles. The van der Waals surface area contributed by atoms with Gasteiger partial charge >= 0.3 is 0 Å². The zero-order valence-corrected chi connectivity index (χ0v) is 14.8. The molecule has 136 valence electrons. The van der Waals surface area contributed by atoms with E-state index in [-0.39, 0.29) is 11.9 Å². The highest BCUT2D eigenvalue weighted by Crippen LogP contribution is 2.30. The Hall–Kier alpha value is -3.48. The van der Waals surface area contributed by atoms with Gasteiger partial charge in [0.2, 0.25) is 6.39 Å². The molecule has 3 aromatic rings. The quantitative estimate of drug-likeness (QED) is 0.665. The van der Waals surface area contributed by atoms with Crippen molar-refractivity contribution in [2.45, 2.75) is 12.5 Å². The van der Waals surface area contributed by atoms with Gasteiger partial charge in [0.1, 0.15) is 13.2 Å². The molecule has 0 radical (unpaired) electrons. The maximum Gasteiger partial charge on any atom is 0.254 e. The molecule has 7 heteroatoms. The third-order valence-electron chi connectivity index (χ3n) is 4.55. The Morgan fingerprint density at radius 3 is 2.56 bits per heavy atom. The Bertz CT molecular complexity index is 937. The van der Waals surface area contributed by atoms with E-state index in [1.807, 2.05) is 54.6 Å². The molecule has 0 unspecified atom stereocenters. The van der Waals surface area contributed by atoms with E-state index in [0.29, 0.717) is 24.4 Å². The van der Waals surface area contributed by atoms with Crippen molar-refractivity contribution in [2.24, 2.45) is 5.16 Å². The van der Waals surface area contributed by atoms with Gasteiger partial charge in [0, 0.05) is 12.0 Å². The lowest BCUT2D eigenvalue weighted by atomic mass is 10.0. The summed E-state index contributed by atoms with van der Waals surface area (Å²) < 4.78 is 4.85. The summed E-state index contributed by atoms with van der Waals surface area (Å²) in [5.41, 5.74) is 3.53. The fourth-order valence-corrected chi connectivity index (χ4v) is 3.27. The van der Waals surface area contributed by atoms with Gasteiger partial charge < -0.3 is 14.3 Å². The monoisotopic (exact) mass is 362 g/mol. The number of hydrogen-bond donors (Lipinski definition) is 0. The number of nitrogens with zero attached hydrogens (tertiary/aromatic N) is 4. The molecule has 0 spiro atoms. The number of carbonyl (C=O) groups excluding carboxylic acids is 1. The van der Waals surface area contributed by atoms with E-state index in [4.69, 9.17) is 9.36 Å². The lowest BCUT2D eigenvalue weighted by Gasteiger charge is -2.21. The molecule has 0 bridgehead atoms. The van der Waals surface area contributed by atoms with Gasteiger partial charge in [-0.25, -0.2) is 0 Å². The molecule has 1 aliphatic rings. The van der Waals surface area contributed by atoms with E-state index in [1.165, 1.54) is 13.5 Å². The summed E-state index contributed by atoms with van der Waals surface area (Å²) >= 11 is 0. The van der Waals surface area contributed by atoms with E-state index < -0.39 is 0 Å². The third-order valence-corrected chi connectivity index (χ3v) is 4.55. The fourth-order valence-electron chi connectivity index (χ4n) is 3.27. The zero-order valence-electron chi connectivity index (χ0n) is 14.8. The molecule has 1 fully saturated rings. The van der Waals surface area contributed by atoms with Crippen molar-refractivity contribution >= 4 is 11.6 Å². The van der Waals surface area contributed by atoms with Crippen molar-refractivity contribution in [1.29, 1.82) is 0 Å².